The molecule has 5 rings (SSSR count). The van der Waals surface area contributed by atoms with Crippen LogP contribution in [0.15, 0.2) is 24.3 Å². The standard InChI is InChI=1S/C24BF20.C8H10NO3S/c26-5-1(6(27)14(35)21(42)13(5)34)25(2-7(28)15(36)22(43)16(37)8(2)29,3-9(30)17(38)23(44)18(39)10(3)31)4-11(32)19(40)24(45)20(41)12(4)33;1-13(2)12-8-5-3-4-7(6-8)9(10)11/h;3-6H,1-2H3/q-1;+1. The van der Waals surface area contributed by atoms with Crippen molar-refractivity contribution in [1.82, 2.24) is 0 Å². The molecule has 0 heterocycles. The molecule has 26 heteroatoms. The van der Waals surface area contributed by atoms with Crippen molar-refractivity contribution in [1.29, 1.82) is 0 Å². The van der Waals surface area contributed by atoms with E-state index in [0.717, 1.165) is 0 Å². The molecule has 0 fully saturated rings. The molecule has 0 aromatic heterocycles. The highest BCUT2D eigenvalue weighted by molar-refractivity contribution is 7.91. The van der Waals surface area contributed by atoms with Gasteiger partial charge < -0.3 is 0 Å². The van der Waals surface area contributed by atoms with E-state index >= 15 is 35.1 Å². The van der Waals surface area contributed by atoms with E-state index in [-0.39, 0.29) is 16.9 Å². The molecule has 0 saturated carbocycles. The van der Waals surface area contributed by atoms with E-state index < -0.39 is 149 Å². The van der Waals surface area contributed by atoms with Crippen LogP contribution in [-0.4, -0.2) is 23.6 Å². The van der Waals surface area contributed by atoms with Crippen LogP contribution >= 0.6 is 0 Å². The molecule has 5 aromatic carbocycles. The number of halogens is 20. The van der Waals surface area contributed by atoms with E-state index in [0.29, 0.717) is 5.75 Å². The summed E-state index contributed by atoms with van der Waals surface area (Å²) in [5.74, 6) is -70.9. The number of non-ortho nitro benzene ring substituents is 1. The van der Waals surface area contributed by atoms with Crippen molar-refractivity contribution >= 4 is 44.9 Å². The van der Waals surface area contributed by atoms with Gasteiger partial charge in [-0.15, -0.1) is 21.9 Å². The molecule has 0 bridgehead atoms. The molecule has 0 aliphatic heterocycles. The van der Waals surface area contributed by atoms with Gasteiger partial charge in [0, 0.05) is 6.07 Å². The van der Waals surface area contributed by atoms with Crippen LogP contribution < -0.4 is 26.0 Å². The minimum atomic E-state index is -7.22. The van der Waals surface area contributed by atoms with Crippen LogP contribution in [0.25, 0.3) is 0 Å². The maximum atomic E-state index is 15.4. The summed E-state index contributed by atoms with van der Waals surface area (Å²) in [6.45, 7) is 0. The van der Waals surface area contributed by atoms with Crippen LogP contribution in [0.2, 0.25) is 0 Å². The van der Waals surface area contributed by atoms with Gasteiger partial charge in [-0.3, -0.25) is 14.3 Å². The number of benzene rings is 5. The quantitative estimate of drug-likeness (QED) is 0.0322. The second-order valence-electron chi connectivity index (χ2n) is 11.4. The number of nitro groups is 1. The molecule has 0 spiro atoms. The number of hydrogen-bond donors (Lipinski definition) is 0. The fourth-order valence-electron chi connectivity index (χ4n) is 5.72. The first-order chi connectivity index (χ1) is 26.8. The van der Waals surface area contributed by atoms with Crippen molar-refractivity contribution in [3.05, 3.63) is 151 Å². The third-order valence-electron chi connectivity index (χ3n) is 8.00. The molecule has 0 atom stereocenters. The van der Waals surface area contributed by atoms with Crippen LogP contribution in [0.3, 0.4) is 0 Å². The molecule has 0 saturated heterocycles. The Labute approximate surface area is 310 Å². The zero-order valence-corrected chi connectivity index (χ0v) is 28.3. The summed E-state index contributed by atoms with van der Waals surface area (Å²) in [6, 6.07) is 6.18. The lowest BCUT2D eigenvalue weighted by Gasteiger charge is -2.44. The van der Waals surface area contributed by atoms with E-state index in [2.05, 4.69) is 0 Å². The molecule has 5 aromatic rings. The zero-order chi connectivity index (χ0) is 44.2. The van der Waals surface area contributed by atoms with Crippen LogP contribution in [0.5, 0.6) is 5.75 Å². The summed E-state index contributed by atoms with van der Waals surface area (Å²) in [4.78, 5) is 9.96. The summed E-state index contributed by atoms with van der Waals surface area (Å²) in [7, 11) is 0. The van der Waals surface area contributed by atoms with Gasteiger partial charge in [0.05, 0.1) is 11.0 Å². The lowest BCUT2D eigenvalue weighted by Crippen LogP contribution is -2.81. The van der Waals surface area contributed by atoms with Crippen molar-refractivity contribution < 1.29 is 96.9 Å². The minimum Gasteiger partial charge on any atom is -0.286 e. The molecule has 0 aliphatic rings. The Balaban J connectivity index is 0.000000486. The summed E-state index contributed by atoms with van der Waals surface area (Å²) in [5.41, 5.74) is -14.3. The second kappa shape index (κ2) is 16.3. The van der Waals surface area contributed by atoms with Gasteiger partial charge in [0.25, 0.3) is 5.69 Å². The van der Waals surface area contributed by atoms with E-state index in [9.17, 15) is 62.8 Å². The Morgan fingerprint density at radius 3 is 0.862 bits per heavy atom. The van der Waals surface area contributed by atoms with Gasteiger partial charge in [0.1, 0.15) is 65.2 Å². The Kier molecular flexibility index (Phi) is 12.6. The molecular weight excluding hydrogens is 869 g/mol. The van der Waals surface area contributed by atoms with Gasteiger partial charge in [0.2, 0.25) is 0 Å². The fraction of sp³-hybridized carbons (Fsp3) is 0.0625. The third kappa shape index (κ3) is 6.99. The average molecular weight is 879 g/mol. The predicted octanol–water partition coefficient (Wildman–Crippen LogP) is 7.61. The van der Waals surface area contributed by atoms with Crippen molar-refractivity contribution in [3.8, 4) is 5.75 Å². The van der Waals surface area contributed by atoms with Gasteiger partial charge in [0.15, 0.2) is 86.7 Å². The number of nitrogens with zero attached hydrogens (tertiary/aromatic N) is 1. The summed E-state index contributed by atoms with van der Waals surface area (Å²) < 4.78 is 299. The molecule has 58 heavy (non-hydrogen) atoms. The van der Waals surface area contributed by atoms with Crippen LogP contribution in [0, 0.1) is 126 Å². The third-order valence-corrected chi connectivity index (χ3v) is 8.52. The van der Waals surface area contributed by atoms with Crippen LogP contribution in [0.1, 0.15) is 0 Å². The van der Waals surface area contributed by atoms with Crippen molar-refractivity contribution in [2.45, 2.75) is 0 Å². The van der Waals surface area contributed by atoms with Gasteiger partial charge in [-0.05, 0) is 6.07 Å². The highest BCUT2D eigenvalue weighted by atomic mass is 32.2. The first-order valence-electron chi connectivity index (χ1n) is 14.5. The smallest absolute Gasteiger partial charge is 0.273 e. The summed E-state index contributed by atoms with van der Waals surface area (Å²) in [5, 5.41) is 10.4. The Hall–Kier alpha value is -5.69. The van der Waals surface area contributed by atoms with Gasteiger partial charge in [-0.25, -0.2) is 87.8 Å². The van der Waals surface area contributed by atoms with E-state index in [1.54, 1.807) is 12.1 Å². The van der Waals surface area contributed by atoms with Gasteiger partial charge in [-0.1, -0.05) is 6.07 Å². The van der Waals surface area contributed by atoms with Crippen molar-refractivity contribution in [3.63, 3.8) is 0 Å². The minimum absolute atomic E-state index is 0.0583. The Morgan fingerprint density at radius 2 is 0.655 bits per heavy atom. The zero-order valence-electron chi connectivity index (χ0n) is 27.5. The van der Waals surface area contributed by atoms with Gasteiger partial charge >= 0.3 is 0 Å². The summed E-state index contributed by atoms with van der Waals surface area (Å²) >= 11 is -0.211. The Morgan fingerprint density at radius 1 is 0.431 bits per heavy atom. The molecule has 310 valence electrons. The lowest BCUT2D eigenvalue weighted by molar-refractivity contribution is -0.384. The molecule has 0 unspecified atom stereocenters. The van der Waals surface area contributed by atoms with Crippen LogP contribution in [0.4, 0.5) is 93.5 Å². The predicted molar refractivity (Wildman–Crippen MR) is 162 cm³/mol. The van der Waals surface area contributed by atoms with E-state index in [1.807, 2.05) is 12.5 Å². The van der Waals surface area contributed by atoms with Gasteiger partial charge in [-0.2, -0.15) is 0 Å². The monoisotopic (exact) mass is 879 g/mol. The van der Waals surface area contributed by atoms with Crippen molar-refractivity contribution in [2.24, 2.45) is 0 Å². The first kappa shape index (κ1) is 45.0. The largest absolute Gasteiger partial charge is 0.286 e. The normalized spacial score (nSPS) is 11.6. The Bertz CT molecular complexity index is 2140. The molecule has 4 nitrogen and oxygen atoms in total. The number of rotatable bonds is 7. The lowest BCUT2D eigenvalue weighted by atomic mass is 9.12. The number of nitro benzene ring substituents is 1. The highest BCUT2D eigenvalue weighted by Crippen LogP contribution is 2.31. The highest BCUT2D eigenvalue weighted by Gasteiger charge is 2.52. The van der Waals surface area contributed by atoms with E-state index in [1.165, 1.54) is 12.1 Å². The fourth-order valence-corrected chi connectivity index (χ4v) is 6.20. The maximum absolute atomic E-state index is 15.4. The molecule has 0 radical (unpaired) electrons. The SMILES string of the molecule is C[S+](C)Oc1cccc([N+](=O)[O-])c1.Fc1c(F)c(F)c([B-](c2c(F)c(F)c(F)c(F)c2F)(c2c(F)c(F)c(F)c(F)c2F)c2c(F)c(F)c(F)c(F)c2F)c(F)c1F. The maximum Gasteiger partial charge on any atom is 0.273 e. The second-order valence-corrected chi connectivity index (χ2v) is 13.0. The van der Waals surface area contributed by atoms with Crippen LogP contribution in [-0.2, 0) is 11.2 Å². The van der Waals surface area contributed by atoms with Crippen molar-refractivity contribution in [2.75, 3.05) is 12.5 Å². The molecular formula is C32H10BF20NO3S. The molecule has 0 N–H and O–H groups in total. The average Bonchev–Trinajstić information content (AvgIpc) is 3.17. The number of hydrogen-bond acceptors (Lipinski definition) is 3. The molecule has 0 amide bonds. The summed E-state index contributed by atoms with van der Waals surface area (Å²) in [6.07, 6.45) is -3.41. The topological polar surface area (TPSA) is 52.4 Å². The van der Waals surface area contributed by atoms with E-state index in [4.69, 9.17) is 4.18 Å². The molecule has 0 aliphatic carbocycles. The first-order valence-corrected chi connectivity index (χ1v) is 16.5.